The number of aromatic amines is 1. The second kappa shape index (κ2) is 12.3. The van der Waals surface area contributed by atoms with Gasteiger partial charge in [0.25, 0.3) is 5.56 Å². The molecule has 0 aliphatic rings. The van der Waals surface area contributed by atoms with Crippen LogP contribution in [-0.2, 0) is 11.0 Å². The zero-order valence-corrected chi connectivity index (χ0v) is 22.4. The Balaban J connectivity index is 1.93. The second-order valence-electron chi connectivity index (χ2n) is 9.12. The van der Waals surface area contributed by atoms with E-state index >= 15 is 0 Å². The zero-order chi connectivity index (χ0) is 27.3. The molecule has 1 heterocycles. The number of carbonyl (C=O) groups is 1. The first kappa shape index (κ1) is 29.0. The molecule has 0 fully saturated rings. The number of nitrogens with zero attached hydrogens (tertiary/aromatic N) is 2. The van der Waals surface area contributed by atoms with Gasteiger partial charge in [-0.25, -0.2) is 0 Å². The van der Waals surface area contributed by atoms with E-state index in [1.54, 1.807) is 0 Å². The van der Waals surface area contributed by atoms with Crippen molar-refractivity contribution in [3.8, 4) is 16.9 Å². The SMILES string of the molecule is CN(C)CCCN(C)CCC(=O)CSc1c(-c2cc(Cl)ccc2O)c2cc(C(F)(F)F)ccc2[nH]c1=O. The fourth-order valence-electron chi connectivity index (χ4n) is 3.87. The number of rotatable bonds is 11. The molecule has 200 valence electrons. The third kappa shape index (κ3) is 7.73. The number of fused-ring (bicyclic) bond motifs is 1. The van der Waals surface area contributed by atoms with Crippen LogP contribution in [-0.4, -0.2) is 72.2 Å². The molecular formula is C26H29ClF3N3O3S. The first-order valence-corrected chi connectivity index (χ1v) is 13.0. The summed E-state index contributed by atoms with van der Waals surface area (Å²) in [5, 5.41) is 10.9. The molecule has 3 rings (SSSR count). The summed E-state index contributed by atoms with van der Waals surface area (Å²) in [4.78, 5) is 32.5. The van der Waals surface area contributed by atoms with Crippen molar-refractivity contribution in [2.45, 2.75) is 23.9 Å². The van der Waals surface area contributed by atoms with Crippen LogP contribution in [0.1, 0.15) is 18.4 Å². The second-order valence-corrected chi connectivity index (χ2v) is 10.5. The number of thioether (sulfide) groups is 1. The van der Waals surface area contributed by atoms with Gasteiger partial charge in [-0.2, -0.15) is 13.2 Å². The normalized spacial score (nSPS) is 12.1. The standard InChI is InChI=1S/C26H29ClF3N3O3S/c1-32(2)10-4-11-33(3)12-9-18(34)15-37-24-23(20-14-17(27)6-8-22(20)35)19-13-16(26(28,29)30)5-7-21(19)31-25(24)36/h5-8,13-14,35H,4,9-12,15H2,1-3H3,(H,31,36). The van der Waals surface area contributed by atoms with E-state index in [9.17, 15) is 27.9 Å². The van der Waals surface area contributed by atoms with E-state index in [1.165, 1.54) is 24.3 Å². The third-order valence-corrected chi connectivity index (χ3v) is 7.20. The minimum Gasteiger partial charge on any atom is -0.507 e. The van der Waals surface area contributed by atoms with Crippen LogP contribution >= 0.6 is 23.4 Å². The average Bonchev–Trinajstić information content (AvgIpc) is 2.81. The molecule has 6 nitrogen and oxygen atoms in total. The van der Waals surface area contributed by atoms with Gasteiger partial charge in [0.2, 0.25) is 0 Å². The third-order valence-electron chi connectivity index (χ3n) is 5.82. The number of pyridine rings is 1. The van der Waals surface area contributed by atoms with Gasteiger partial charge in [0.1, 0.15) is 11.5 Å². The van der Waals surface area contributed by atoms with Crippen LogP contribution in [0.15, 0.2) is 46.1 Å². The first-order chi connectivity index (χ1) is 17.4. The molecule has 0 bridgehead atoms. The smallest absolute Gasteiger partial charge is 0.416 e. The number of alkyl halides is 3. The maximum absolute atomic E-state index is 13.5. The van der Waals surface area contributed by atoms with Crippen molar-refractivity contribution >= 4 is 40.0 Å². The highest BCUT2D eigenvalue weighted by Gasteiger charge is 2.31. The summed E-state index contributed by atoms with van der Waals surface area (Å²) in [5.41, 5.74) is -1.09. The Kier molecular flexibility index (Phi) is 9.68. The van der Waals surface area contributed by atoms with Crippen molar-refractivity contribution in [3.05, 3.63) is 57.3 Å². The molecule has 0 aliphatic heterocycles. The van der Waals surface area contributed by atoms with Crippen molar-refractivity contribution in [2.75, 3.05) is 46.5 Å². The minimum atomic E-state index is -4.61. The number of halogens is 4. The van der Waals surface area contributed by atoms with E-state index in [4.69, 9.17) is 11.6 Å². The van der Waals surface area contributed by atoms with Gasteiger partial charge < -0.3 is 19.9 Å². The predicted octanol–water partition coefficient (Wildman–Crippen LogP) is 5.51. The van der Waals surface area contributed by atoms with Crippen molar-refractivity contribution < 1.29 is 23.1 Å². The van der Waals surface area contributed by atoms with E-state index in [0.29, 0.717) is 6.54 Å². The molecule has 1 aromatic heterocycles. The minimum absolute atomic E-state index is 0.0390. The number of nitrogens with one attached hydrogen (secondary N) is 1. The highest BCUT2D eigenvalue weighted by molar-refractivity contribution is 8.00. The summed E-state index contributed by atoms with van der Waals surface area (Å²) >= 11 is 7.06. The number of benzene rings is 2. The number of phenolic OH excluding ortho intramolecular Hbond substituents is 1. The van der Waals surface area contributed by atoms with Crippen LogP contribution in [0.4, 0.5) is 13.2 Å². The summed E-state index contributed by atoms with van der Waals surface area (Å²) in [5.74, 6) is -0.400. The summed E-state index contributed by atoms with van der Waals surface area (Å²) in [7, 11) is 5.93. The predicted molar refractivity (Wildman–Crippen MR) is 143 cm³/mol. The largest absolute Gasteiger partial charge is 0.507 e. The lowest BCUT2D eigenvalue weighted by molar-refractivity contribution is -0.137. The van der Waals surface area contributed by atoms with E-state index in [0.717, 1.165) is 43.4 Å². The Morgan fingerprint density at radius 1 is 1.08 bits per heavy atom. The molecule has 0 atom stereocenters. The van der Waals surface area contributed by atoms with Gasteiger partial charge in [-0.1, -0.05) is 11.6 Å². The summed E-state index contributed by atoms with van der Waals surface area (Å²) < 4.78 is 40.5. The molecule has 0 radical (unpaired) electrons. The van der Waals surface area contributed by atoms with Gasteiger partial charge in [-0.15, -0.1) is 11.8 Å². The Labute approximate surface area is 222 Å². The summed E-state index contributed by atoms with van der Waals surface area (Å²) in [6.07, 6.45) is -3.38. The molecule has 37 heavy (non-hydrogen) atoms. The highest BCUT2D eigenvalue weighted by atomic mass is 35.5. The van der Waals surface area contributed by atoms with Crippen LogP contribution in [0.2, 0.25) is 5.02 Å². The maximum Gasteiger partial charge on any atom is 0.416 e. The Bertz CT molecular complexity index is 1330. The molecule has 11 heteroatoms. The molecule has 0 unspecified atom stereocenters. The first-order valence-electron chi connectivity index (χ1n) is 11.6. The number of aromatic nitrogens is 1. The fourth-order valence-corrected chi connectivity index (χ4v) is 5.04. The lowest BCUT2D eigenvalue weighted by Crippen LogP contribution is -2.26. The Morgan fingerprint density at radius 2 is 1.81 bits per heavy atom. The molecule has 0 saturated carbocycles. The van der Waals surface area contributed by atoms with E-state index < -0.39 is 17.3 Å². The van der Waals surface area contributed by atoms with Gasteiger partial charge in [-0.3, -0.25) is 9.59 Å². The number of hydrogen-bond donors (Lipinski definition) is 2. The number of H-pyrrole nitrogens is 1. The van der Waals surface area contributed by atoms with Crippen LogP contribution in [0.25, 0.3) is 22.0 Å². The molecular weight excluding hydrogens is 527 g/mol. The van der Waals surface area contributed by atoms with Gasteiger partial charge in [0.15, 0.2) is 0 Å². The molecule has 3 aromatic rings. The molecule has 0 spiro atoms. The summed E-state index contributed by atoms with van der Waals surface area (Å²) in [6, 6.07) is 7.11. The molecule has 2 N–H and O–H groups in total. The molecule has 0 amide bonds. The number of hydrogen-bond acceptors (Lipinski definition) is 6. The monoisotopic (exact) mass is 555 g/mol. The number of Topliss-reactive ketones (excluding diaryl/α,β-unsaturated/α-hetero) is 1. The fraction of sp³-hybridized carbons (Fsp3) is 0.385. The lowest BCUT2D eigenvalue weighted by atomic mass is 9.98. The maximum atomic E-state index is 13.5. The van der Waals surface area contributed by atoms with Crippen molar-refractivity contribution in [1.29, 1.82) is 0 Å². The van der Waals surface area contributed by atoms with Crippen LogP contribution in [0.3, 0.4) is 0 Å². The van der Waals surface area contributed by atoms with Crippen molar-refractivity contribution in [2.24, 2.45) is 0 Å². The number of aromatic hydroxyl groups is 1. The quantitative estimate of drug-likeness (QED) is 0.304. The van der Waals surface area contributed by atoms with Crippen LogP contribution in [0.5, 0.6) is 5.75 Å². The molecule has 0 aliphatic carbocycles. The van der Waals surface area contributed by atoms with Gasteiger partial charge >= 0.3 is 6.18 Å². The summed E-state index contributed by atoms with van der Waals surface area (Å²) in [6.45, 7) is 2.33. The number of ketones is 1. The zero-order valence-electron chi connectivity index (χ0n) is 20.8. The highest BCUT2D eigenvalue weighted by Crippen LogP contribution is 2.42. The van der Waals surface area contributed by atoms with Crippen molar-refractivity contribution in [1.82, 2.24) is 14.8 Å². The Morgan fingerprint density at radius 3 is 2.49 bits per heavy atom. The van der Waals surface area contributed by atoms with Gasteiger partial charge in [0, 0.05) is 40.0 Å². The topological polar surface area (TPSA) is 76.6 Å². The van der Waals surface area contributed by atoms with E-state index in [2.05, 4.69) is 14.8 Å². The van der Waals surface area contributed by atoms with E-state index in [-0.39, 0.29) is 55.7 Å². The number of carbonyl (C=O) groups excluding carboxylic acids is 1. The molecule has 0 saturated heterocycles. The average molecular weight is 556 g/mol. The lowest BCUT2D eigenvalue weighted by Gasteiger charge is -2.18. The number of phenols is 1. The van der Waals surface area contributed by atoms with Gasteiger partial charge in [0.05, 0.1) is 16.2 Å². The molecule has 2 aromatic carbocycles. The van der Waals surface area contributed by atoms with E-state index in [1.807, 2.05) is 21.1 Å². The van der Waals surface area contributed by atoms with Gasteiger partial charge in [-0.05, 0) is 77.1 Å². The Hall–Kier alpha value is -2.53. The van der Waals surface area contributed by atoms with Crippen LogP contribution < -0.4 is 5.56 Å². The van der Waals surface area contributed by atoms with Crippen molar-refractivity contribution in [3.63, 3.8) is 0 Å². The van der Waals surface area contributed by atoms with Crippen LogP contribution in [0, 0.1) is 0 Å².